The Bertz CT molecular complexity index is 805. The molecular weight excluding hydrogens is 322 g/mol. The van der Waals surface area contributed by atoms with Crippen molar-refractivity contribution in [2.75, 3.05) is 13.7 Å². The molecular formula is C18H17N3O4. The van der Waals surface area contributed by atoms with Crippen LogP contribution in [-0.4, -0.2) is 36.8 Å². The first-order chi connectivity index (χ1) is 12.2. The van der Waals surface area contributed by atoms with Crippen molar-refractivity contribution >= 4 is 18.2 Å². The molecule has 0 radical (unpaired) electrons. The van der Waals surface area contributed by atoms with Gasteiger partial charge < -0.3 is 9.47 Å². The van der Waals surface area contributed by atoms with Crippen molar-refractivity contribution in [1.82, 2.24) is 10.3 Å². The third-order valence-electron chi connectivity index (χ3n) is 3.55. The molecule has 0 aromatic heterocycles. The van der Waals surface area contributed by atoms with Crippen molar-refractivity contribution in [1.29, 1.82) is 0 Å². The molecule has 0 aliphatic carbocycles. The van der Waals surface area contributed by atoms with E-state index in [4.69, 9.17) is 9.47 Å². The summed E-state index contributed by atoms with van der Waals surface area (Å²) >= 11 is 0. The Kier molecular flexibility index (Phi) is 4.94. The number of hydrogen-bond donors (Lipinski definition) is 1. The van der Waals surface area contributed by atoms with E-state index >= 15 is 0 Å². The van der Waals surface area contributed by atoms with Gasteiger partial charge in [-0.05, 0) is 29.3 Å². The van der Waals surface area contributed by atoms with Gasteiger partial charge in [0, 0.05) is 0 Å². The lowest BCUT2D eigenvalue weighted by molar-refractivity contribution is -0.118. The molecule has 0 spiro atoms. The molecule has 7 heteroatoms. The standard InChI is InChI=1S/C18H17N3O4/c1-24-15-8-7-14(10-19-21-11-17(22)20-18(21)23)9-16(15)25-12-13-5-3-2-4-6-13/h2-10H,11-12H2,1H3,(H,20,22,23). The van der Waals surface area contributed by atoms with Crippen molar-refractivity contribution in [2.24, 2.45) is 5.10 Å². The van der Waals surface area contributed by atoms with E-state index in [0.29, 0.717) is 18.1 Å². The van der Waals surface area contributed by atoms with Gasteiger partial charge >= 0.3 is 6.03 Å². The summed E-state index contributed by atoms with van der Waals surface area (Å²) in [6.07, 6.45) is 1.49. The highest BCUT2D eigenvalue weighted by atomic mass is 16.5. The van der Waals surface area contributed by atoms with Crippen molar-refractivity contribution in [2.45, 2.75) is 6.61 Å². The first-order valence-corrected chi connectivity index (χ1v) is 7.66. The molecule has 0 atom stereocenters. The highest BCUT2D eigenvalue weighted by Crippen LogP contribution is 2.28. The van der Waals surface area contributed by atoms with Crippen LogP contribution >= 0.6 is 0 Å². The van der Waals surface area contributed by atoms with Crippen molar-refractivity contribution in [3.05, 3.63) is 59.7 Å². The lowest BCUT2D eigenvalue weighted by Crippen LogP contribution is -2.24. The zero-order chi connectivity index (χ0) is 17.6. The molecule has 1 saturated heterocycles. The Balaban J connectivity index is 1.73. The molecule has 0 unspecified atom stereocenters. The topological polar surface area (TPSA) is 80.2 Å². The number of hydrogen-bond acceptors (Lipinski definition) is 5. The first kappa shape index (κ1) is 16.5. The Morgan fingerprint density at radius 1 is 1.16 bits per heavy atom. The molecule has 0 saturated carbocycles. The van der Waals surface area contributed by atoms with Gasteiger partial charge in [-0.15, -0.1) is 0 Å². The minimum Gasteiger partial charge on any atom is -0.493 e. The molecule has 25 heavy (non-hydrogen) atoms. The van der Waals surface area contributed by atoms with Gasteiger partial charge in [0.25, 0.3) is 0 Å². The maximum Gasteiger partial charge on any atom is 0.344 e. The summed E-state index contributed by atoms with van der Waals surface area (Å²) in [5.41, 5.74) is 1.76. The average Bonchev–Trinajstić information content (AvgIpc) is 2.96. The van der Waals surface area contributed by atoms with Crippen molar-refractivity contribution in [3.63, 3.8) is 0 Å². The zero-order valence-corrected chi connectivity index (χ0v) is 13.6. The minimum atomic E-state index is -0.532. The van der Waals surface area contributed by atoms with E-state index < -0.39 is 6.03 Å². The number of hydrazone groups is 1. The number of carbonyl (C=O) groups is 2. The number of urea groups is 1. The van der Waals surface area contributed by atoms with Crippen molar-refractivity contribution < 1.29 is 19.1 Å². The Morgan fingerprint density at radius 2 is 1.96 bits per heavy atom. The summed E-state index contributed by atoms with van der Waals surface area (Å²) in [7, 11) is 1.57. The molecule has 1 fully saturated rings. The van der Waals surface area contributed by atoms with Crippen molar-refractivity contribution in [3.8, 4) is 11.5 Å². The number of amides is 3. The zero-order valence-electron chi connectivity index (χ0n) is 13.6. The highest BCUT2D eigenvalue weighted by Gasteiger charge is 2.25. The van der Waals surface area contributed by atoms with Crippen LogP contribution in [-0.2, 0) is 11.4 Å². The second-order valence-corrected chi connectivity index (χ2v) is 5.34. The molecule has 1 N–H and O–H groups in total. The molecule has 3 rings (SSSR count). The second-order valence-electron chi connectivity index (χ2n) is 5.34. The van der Waals surface area contributed by atoms with Gasteiger partial charge in [-0.25, -0.2) is 9.80 Å². The molecule has 1 aliphatic heterocycles. The molecule has 128 valence electrons. The Hall–Kier alpha value is -3.35. The van der Waals surface area contributed by atoms with E-state index in [0.717, 1.165) is 16.1 Å². The summed E-state index contributed by atoms with van der Waals surface area (Å²) in [6, 6.07) is 14.6. The fraction of sp³-hybridized carbons (Fsp3) is 0.167. The van der Waals surface area contributed by atoms with Crippen LogP contribution in [0, 0.1) is 0 Å². The molecule has 3 amide bonds. The largest absolute Gasteiger partial charge is 0.493 e. The number of benzene rings is 2. The van der Waals surface area contributed by atoms with Gasteiger partial charge in [-0.2, -0.15) is 5.10 Å². The number of carbonyl (C=O) groups excluding carboxylic acids is 2. The van der Waals surface area contributed by atoms with Gasteiger partial charge in [-0.1, -0.05) is 30.3 Å². The van der Waals surface area contributed by atoms with Gasteiger partial charge in [0.1, 0.15) is 13.2 Å². The number of rotatable bonds is 6. The lowest BCUT2D eigenvalue weighted by Gasteiger charge is -2.11. The quantitative estimate of drug-likeness (QED) is 0.646. The lowest BCUT2D eigenvalue weighted by atomic mass is 10.2. The van der Waals surface area contributed by atoms with E-state index in [1.165, 1.54) is 6.21 Å². The third-order valence-corrected chi connectivity index (χ3v) is 3.55. The van der Waals surface area contributed by atoms with E-state index in [-0.39, 0.29) is 12.5 Å². The summed E-state index contributed by atoms with van der Waals surface area (Å²) in [4.78, 5) is 22.6. The van der Waals surface area contributed by atoms with E-state index in [2.05, 4.69) is 10.4 Å². The van der Waals surface area contributed by atoms with Crippen LogP contribution in [0.5, 0.6) is 11.5 Å². The Morgan fingerprint density at radius 3 is 2.64 bits per heavy atom. The smallest absolute Gasteiger partial charge is 0.344 e. The van der Waals surface area contributed by atoms with Crippen LogP contribution in [0.1, 0.15) is 11.1 Å². The maximum absolute atomic E-state index is 11.5. The fourth-order valence-corrected chi connectivity index (χ4v) is 2.28. The number of ether oxygens (including phenoxy) is 2. The van der Waals surface area contributed by atoms with Crippen LogP contribution < -0.4 is 14.8 Å². The summed E-state index contributed by atoms with van der Waals surface area (Å²) < 4.78 is 11.1. The normalized spacial score (nSPS) is 14.0. The Labute approximate surface area is 144 Å². The summed E-state index contributed by atoms with van der Waals surface area (Å²) in [5, 5.41) is 7.25. The van der Waals surface area contributed by atoms with Gasteiger partial charge in [0.05, 0.1) is 13.3 Å². The molecule has 1 heterocycles. The van der Waals surface area contributed by atoms with Gasteiger partial charge in [-0.3, -0.25) is 10.1 Å². The molecule has 7 nitrogen and oxygen atoms in total. The van der Waals surface area contributed by atoms with Gasteiger partial charge in [0.15, 0.2) is 11.5 Å². The molecule has 1 aliphatic rings. The molecule has 0 bridgehead atoms. The number of imide groups is 1. The maximum atomic E-state index is 11.5. The molecule has 2 aromatic carbocycles. The minimum absolute atomic E-state index is 0.0805. The second kappa shape index (κ2) is 7.48. The highest BCUT2D eigenvalue weighted by molar-refractivity contribution is 6.02. The summed E-state index contributed by atoms with van der Waals surface area (Å²) in [5.74, 6) is 0.795. The van der Waals surface area contributed by atoms with Crippen LogP contribution in [0.4, 0.5) is 4.79 Å². The van der Waals surface area contributed by atoms with Crippen LogP contribution in [0.2, 0.25) is 0 Å². The number of methoxy groups -OCH3 is 1. The van der Waals surface area contributed by atoms with Crippen LogP contribution in [0.25, 0.3) is 0 Å². The van der Waals surface area contributed by atoms with Crippen LogP contribution in [0.3, 0.4) is 0 Å². The predicted octanol–water partition coefficient (Wildman–Crippen LogP) is 2.16. The summed E-state index contributed by atoms with van der Waals surface area (Å²) in [6.45, 7) is 0.323. The average molecular weight is 339 g/mol. The fourth-order valence-electron chi connectivity index (χ4n) is 2.28. The molecule has 2 aromatic rings. The monoisotopic (exact) mass is 339 g/mol. The van der Waals surface area contributed by atoms with E-state index in [9.17, 15) is 9.59 Å². The number of nitrogens with one attached hydrogen (secondary N) is 1. The van der Waals surface area contributed by atoms with E-state index in [1.54, 1.807) is 25.3 Å². The van der Waals surface area contributed by atoms with Gasteiger partial charge in [0.2, 0.25) is 5.91 Å². The third kappa shape index (κ3) is 4.14. The predicted molar refractivity (Wildman–Crippen MR) is 91.6 cm³/mol. The number of nitrogens with zero attached hydrogens (tertiary/aromatic N) is 2. The van der Waals surface area contributed by atoms with E-state index in [1.807, 2.05) is 30.3 Å². The van der Waals surface area contributed by atoms with Crippen LogP contribution in [0.15, 0.2) is 53.6 Å². The first-order valence-electron chi connectivity index (χ1n) is 7.66. The SMILES string of the molecule is COc1ccc(C=NN2CC(=O)NC2=O)cc1OCc1ccccc1.